The van der Waals surface area contributed by atoms with Crippen molar-refractivity contribution in [2.24, 2.45) is 0 Å². The third-order valence-corrected chi connectivity index (χ3v) is 5.61. The van der Waals surface area contributed by atoms with Crippen molar-refractivity contribution < 1.29 is 28.4 Å². The van der Waals surface area contributed by atoms with Crippen LogP contribution in [0.4, 0.5) is 0 Å². The van der Waals surface area contributed by atoms with Crippen LogP contribution in [0.5, 0.6) is 0 Å². The van der Waals surface area contributed by atoms with E-state index in [2.05, 4.69) is 13.8 Å². The van der Waals surface area contributed by atoms with Crippen LogP contribution < -0.4 is 0 Å². The Labute approximate surface area is 191 Å². The van der Waals surface area contributed by atoms with Crippen molar-refractivity contribution in [3.63, 3.8) is 0 Å². The molecular formula is C25H50O6. The summed E-state index contributed by atoms with van der Waals surface area (Å²) in [6.45, 7) is 11.0. The third-order valence-electron chi connectivity index (χ3n) is 5.61. The molecule has 31 heavy (non-hydrogen) atoms. The minimum Gasteiger partial charge on any atom is -0.378 e. The van der Waals surface area contributed by atoms with Gasteiger partial charge in [0.15, 0.2) is 0 Å². The van der Waals surface area contributed by atoms with Gasteiger partial charge >= 0.3 is 0 Å². The molecule has 0 saturated carbocycles. The molecule has 0 aromatic heterocycles. The molecule has 0 amide bonds. The molecule has 0 N–H and O–H groups in total. The highest BCUT2D eigenvalue weighted by molar-refractivity contribution is 4.81. The number of hydrogen-bond donors (Lipinski definition) is 0. The van der Waals surface area contributed by atoms with Gasteiger partial charge in [-0.25, -0.2) is 0 Å². The van der Waals surface area contributed by atoms with Crippen LogP contribution in [-0.2, 0) is 28.4 Å². The summed E-state index contributed by atoms with van der Waals surface area (Å²) in [5.74, 6) is 0. The van der Waals surface area contributed by atoms with Crippen LogP contribution in [-0.4, -0.2) is 78.3 Å². The van der Waals surface area contributed by atoms with Crippen molar-refractivity contribution >= 4 is 0 Å². The van der Waals surface area contributed by atoms with E-state index in [-0.39, 0.29) is 0 Å². The first kappa shape index (κ1) is 28.8. The summed E-state index contributed by atoms with van der Waals surface area (Å²) in [7, 11) is 0. The highest BCUT2D eigenvalue weighted by Gasteiger charge is 2.32. The smallest absolute Gasteiger partial charge is 0.115 e. The molecule has 0 spiro atoms. The Kier molecular flexibility index (Phi) is 20.1. The van der Waals surface area contributed by atoms with Crippen LogP contribution in [0, 0.1) is 0 Å². The lowest BCUT2D eigenvalue weighted by Crippen LogP contribution is -2.44. The van der Waals surface area contributed by atoms with Gasteiger partial charge in [-0.05, 0) is 12.8 Å². The molecule has 1 saturated heterocycles. The zero-order chi connectivity index (χ0) is 22.3. The minimum absolute atomic E-state index is 0.407. The summed E-state index contributed by atoms with van der Waals surface area (Å²) >= 11 is 0. The fourth-order valence-corrected chi connectivity index (χ4v) is 3.69. The molecule has 1 heterocycles. The quantitative estimate of drug-likeness (QED) is 0.343. The van der Waals surface area contributed by atoms with E-state index >= 15 is 0 Å². The monoisotopic (exact) mass is 446 g/mol. The fraction of sp³-hybridized carbons (Fsp3) is 1.00. The molecule has 6 nitrogen and oxygen atoms in total. The summed E-state index contributed by atoms with van der Waals surface area (Å²) < 4.78 is 35.2. The highest BCUT2D eigenvalue weighted by Crippen LogP contribution is 2.23. The molecule has 1 aliphatic rings. The molecule has 1 aliphatic heterocycles. The standard InChI is InChI=1S/C25H50O6/c1-3-5-7-9-10-12-14-29-23-25(13-11-8-6-4-2)24-30-20-19-27-16-15-26-17-18-28-21-22-31-25/h3-24H2,1-2H3. The van der Waals surface area contributed by atoms with Crippen LogP contribution >= 0.6 is 0 Å². The summed E-state index contributed by atoms with van der Waals surface area (Å²) in [6.07, 6.45) is 13.4. The van der Waals surface area contributed by atoms with Gasteiger partial charge in [0.05, 0.1) is 66.1 Å². The van der Waals surface area contributed by atoms with Crippen molar-refractivity contribution in [3.8, 4) is 0 Å². The van der Waals surface area contributed by atoms with E-state index < -0.39 is 5.60 Å². The first-order valence-corrected chi connectivity index (χ1v) is 12.9. The van der Waals surface area contributed by atoms with Crippen LogP contribution in [0.1, 0.15) is 84.5 Å². The number of ether oxygens (including phenoxy) is 6. The average Bonchev–Trinajstić information content (AvgIpc) is 2.79. The zero-order valence-corrected chi connectivity index (χ0v) is 20.5. The molecule has 1 atom stereocenters. The van der Waals surface area contributed by atoms with E-state index in [0.29, 0.717) is 66.1 Å². The molecule has 1 fully saturated rings. The van der Waals surface area contributed by atoms with Crippen LogP contribution in [0.15, 0.2) is 0 Å². The van der Waals surface area contributed by atoms with Gasteiger partial charge in [0, 0.05) is 6.61 Å². The normalized spacial score (nSPS) is 22.6. The Morgan fingerprint density at radius 1 is 0.581 bits per heavy atom. The highest BCUT2D eigenvalue weighted by atomic mass is 16.6. The van der Waals surface area contributed by atoms with Crippen molar-refractivity contribution in [1.29, 1.82) is 0 Å². The maximum Gasteiger partial charge on any atom is 0.115 e. The van der Waals surface area contributed by atoms with E-state index in [0.717, 1.165) is 25.9 Å². The van der Waals surface area contributed by atoms with Gasteiger partial charge in [-0.1, -0.05) is 71.6 Å². The van der Waals surface area contributed by atoms with Crippen LogP contribution in [0.3, 0.4) is 0 Å². The minimum atomic E-state index is -0.407. The second kappa shape index (κ2) is 21.6. The fourth-order valence-electron chi connectivity index (χ4n) is 3.69. The molecule has 1 unspecified atom stereocenters. The molecule has 6 heteroatoms. The average molecular weight is 447 g/mol. The van der Waals surface area contributed by atoms with Gasteiger partial charge in [-0.3, -0.25) is 0 Å². The molecule has 0 aromatic carbocycles. The van der Waals surface area contributed by atoms with Gasteiger partial charge in [0.2, 0.25) is 0 Å². The Balaban J connectivity index is 2.52. The third kappa shape index (κ3) is 17.0. The molecular weight excluding hydrogens is 396 g/mol. The second-order valence-electron chi connectivity index (χ2n) is 8.55. The van der Waals surface area contributed by atoms with E-state index in [1.165, 1.54) is 51.4 Å². The summed E-state index contributed by atoms with van der Waals surface area (Å²) in [6, 6.07) is 0. The van der Waals surface area contributed by atoms with Crippen LogP contribution in [0.25, 0.3) is 0 Å². The lowest BCUT2D eigenvalue weighted by molar-refractivity contribution is -0.151. The maximum atomic E-state index is 6.39. The molecule has 186 valence electrons. The molecule has 0 aromatic rings. The van der Waals surface area contributed by atoms with Crippen molar-refractivity contribution in [3.05, 3.63) is 0 Å². The van der Waals surface area contributed by atoms with Crippen molar-refractivity contribution in [2.45, 2.75) is 90.1 Å². The van der Waals surface area contributed by atoms with E-state index in [1.54, 1.807) is 0 Å². The Bertz CT molecular complexity index is 350. The van der Waals surface area contributed by atoms with E-state index in [9.17, 15) is 0 Å². The molecule has 0 bridgehead atoms. The number of rotatable bonds is 14. The zero-order valence-electron chi connectivity index (χ0n) is 20.5. The van der Waals surface area contributed by atoms with Gasteiger partial charge in [-0.2, -0.15) is 0 Å². The SMILES string of the molecule is CCCCCCCCOCC1(CCCCCC)COCCOCCOCCOCCO1. The van der Waals surface area contributed by atoms with Crippen molar-refractivity contribution in [2.75, 3.05) is 72.7 Å². The largest absolute Gasteiger partial charge is 0.378 e. The Morgan fingerprint density at radius 3 is 1.74 bits per heavy atom. The number of unbranched alkanes of at least 4 members (excludes halogenated alkanes) is 8. The number of hydrogen-bond acceptors (Lipinski definition) is 6. The first-order valence-electron chi connectivity index (χ1n) is 12.9. The molecule has 0 aliphatic carbocycles. The first-order chi connectivity index (χ1) is 15.3. The summed E-state index contributed by atoms with van der Waals surface area (Å²) in [4.78, 5) is 0. The maximum absolute atomic E-state index is 6.39. The van der Waals surface area contributed by atoms with Gasteiger partial charge in [0.25, 0.3) is 0 Å². The second-order valence-corrected chi connectivity index (χ2v) is 8.55. The Morgan fingerprint density at radius 2 is 1.10 bits per heavy atom. The lowest BCUT2D eigenvalue weighted by Gasteiger charge is -2.34. The van der Waals surface area contributed by atoms with E-state index in [4.69, 9.17) is 28.4 Å². The Hall–Kier alpha value is -0.240. The van der Waals surface area contributed by atoms with Crippen molar-refractivity contribution in [1.82, 2.24) is 0 Å². The topological polar surface area (TPSA) is 55.4 Å². The summed E-state index contributed by atoms with van der Waals surface area (Å²) in [5, 5.41) is 0. The summed E-state index contributed by atoms with van der Waals surface area (Å²) in [5.41, 5.74) is -0.407. The predicted octanol–water partition coefficient (Wildman–Crippen LogP) is 5.17. The van der Waals surface area contributed by atoms with Gasteiger partial charge < -0.3 is 28.4 Å². The molecule has 1 rings (SSSR count). The predicted molar refractivity (Wildman–Crippen MR) is 125 cm³/mol. The van der Waals surface area contributed by atoms with E-state index in [1.807, 2.05) is 0 Å². The van der Waals surface area contributed by atoms with Gasteiger partial charge in [-0.15, -0.1) is 0 Å². The van der Waals surface area contributed by atoms with Gasteiger partial charge in [0.1, 0.15) is 5.60 Å². The van der Waals surface area contributed by atoms with Crippen LogP contribution in [0.2, 0.25) is 0 Å². The lowest BCUT2D eigenvalue weighted by atomic mass is 9.97. The molecule has 0 radical (unpaired) electrons.